The van der Waals surface area contributed by atoms with Gasteiger partial charge in [-0.3, -0.25) is 10.0 Å². The van der Waals surface area contributed by atoms with Crippen LogP contribution in [0.1, 0.15) is 56.4 Å². The fourth-order valence-electron chi connectivity index (χ4n) is 2.42. The van der Waals surface area contributed by atoms with Crippen LogP contribution in [-0.2, 0) is 4.79 Å². The molecule has 1 amide bonds. The Bertz CT molecular complexity index is 534. The van der Waals surface area contributed by atoms with Crippen LogP contribution in [0, 0.1) is 24.2 Å². The van der Waals surface area contributed by atoms with Gasteiger partial charge in [0.15, 0.2) is 0 Å². The Hall–Kier alpha value is -2.23. The predicted octanol–water partition coefficient (Wildman–Crippen LogP) is 3.64. The SMILES string of the molecule is C#CC#CCC(CCCCCCC(=O)NO)c1ccccc1. The van der Waals surface area contributed by atoms with Gasteiger partial charge in [-0.2, -0.15) is 0 Å². The maximum atomic E-state index is 10.9. The summed E-state index contributed by atoms with van der Waals surface area (Å²) < 4.78 is 0. The standard InChI is InChI=1S/C19H23NO2/c1-2-3-7-12-17(18-14-9-6-10-15-18)13-8-4-5-11-16-19(21)20-22/h1,6,9-10,14-15,17,22H,4-5,8,11-13,16H2,(H,20,21). The lowest BCUT2D eigenvalue weighted by Crippen LogP contribution is -2.17. The van der Waals surface area contributed by atoms with E-state index >= 15 is 0 Å². The predicted molar refractivity (Wildman–Crippen MR) is 88.0 cm³/mol. The highest BCUT2D eigenvalue weighted by molar-refractivity contribution is 5.74. The Morgan fingerprint density at radius 2 is 1.91 bits per heavy atom. The first-order valence-electron chi connectivity index (χ1n) is 7.69. The highest BCUT2D eigenvalue weighted by Gasteiger charge is 2.09. The monoisotopic (exact) mass is 297 g/mol. The molecular formula is C19H23NO2. The van der Waals surface area contributed by atoms with E-state index in [4.69, 9.17) is 11.6 Å². The highest BCUT2D eigenvalue weighted by atomic mass is 16.5. The van der Waals surface area contributed by atoms with Gasteiger partial charge in [-0.1, -0.05) is 55.5 Å². The number of rotatable bonds is 9. The fraction of sp³-hybridized carbons (Fsp3) is 0.421. The third kappa shape index (κ3) is 7.53. The van der Waals surface area contributed by atoms with Crippen molar-refractivity contribution in [1.82, 2.24) is 5.48 Å². The molecule has 0 bridgehead atoms. The molecule has 22 heavy (non-hydrogen) atoms. The molecule has 0 aliphatic rings. The lowest BCUT2D eigenvalue weighted by atomic mass is 9.90. The third-order valence-corrected chi connectivity index (χ3v) is 3.61. The molecule has 0 aromatic heterocycles. The number of nitrogens with one attached hydrogen (secondary N) is 1. The van der Waals surface area contributed by atoms with Gasteiger partial charge in [-0.25, -0.2) is 5.48 Å². The molecule has 0 radical (unpaired) electrons. The summed E-state index contributed by atoms with van der Waals surface area (Å²) in [5, 5.41) is 8.41. The molecule has 1 aromatic rings. The zero-order valence-corrected chi connectivity index (χ0v) is 12.8. The summed E-state index contributed by atoms with van der Waals surface area (Å²) in [4.78, 5) is 10.9. The van der Waals surface area contributed by atoms with Crippen molar-refractivity contribution in [3.05, 3.63) is 35.9 Å². The van der Waals surface area contributed by atoms with Crippen LogP contribution in [0.25, 0.3) is 0 Å². The zero-order valence-electron chi connectivity index (χ0n) is 12.8. The molecule has 3 heteroatoms. The Labute approximate surface area is 133 Å². The van der Waals surface area contributed by atoms with E-state index in [1.165, 1.54) is 5.56 Å². The second-order valence-electron chi connectivity index (χ2n) is 5.25. The quantitative estimate of drug-likeness (QED) is 0.316. The average Bonchev–Trinajstić information content (AvgIpc) is 2.56. The van der Waals surface area contributed by atoms with Crippen molar-refractivity contribution >= 4 is 5.91 Å². The molecule has 1 aromatic carbocycles. The van der Waals surface area contributed by atoms with Crippen molar-refractivity contribution in [1.29, 1.82) is 0 Å². The second-order valence-corrected chi connectivity index (χ2v) is 5.25. The van der Waals surface area contributed by atoms with Crippen molar-refractivity contribution in [3.63, 3.8) is 0 Å². The van der Waals surface area contributed by atoms with Gasteiger partial charge in [-0.05, 0) is 36.2 Å². The van der Waals surface area contributed by atoms with Crippen LogP contribution in [0.3, 0.4) is 0 Å². The number of carbonyl (C=O) groups excluding carboxylic acids is 1. The molecule has 0 fully saturated rings. The van der Waals surface area contributed by atoms with Gasteiger partial charge < -0.3 is 0 Å². The van der Waals surface area contributed by atoms with Crippen LogP contribution >= 0.6 is 0 Å². The van der Waals surface area contributed by atoms with Gasteiger partial charge in [0.05, 0.1) is 0 Å². The number of terminal acetylenes is 1. The van der Waals surface area contributed by atoms with Crippen LogP contribution < -0.4 is 5.48 Å². The number of benzene rings is 1. The molecule has 0 heterocycles. The first-order valence-corrected chi connectivity index (χ1v) is 7.69. The first-order chi connectivity index (χ1) is 10.8. The normalized spacial score (nSPS) is 10.9. The van der Waals surface area contributed by atoms with E-state index in [2.05, 4.69) is 29.9 Å². The summed E-state index contributed by atoms with van der Waals surface area (Å²) >= 11 is 0. The van der Waals surface area contributed by atoms with Crippen LogP contribution in [0.4, 0.5) is 0 Å². The second kappa shape index (κ2) is 11.4. The van der Waals surface area contributed by atoms with Crippen LogP contribution in [0.15, 0.2) is 30.3 Å². The van der Waals surface area contributed by atoms with Gasteiger partial charge in [0.2, 0.25) is 5.91 Å². The minimum absolute atomic E-state index is 0.313. The van der Waals surface area contributed by atoms with Crippen molar-refractivity contribution in [2.75, 3.05) is 0 Å². The van der Waals surface area contributed by atoms with E-state index in [0.717, 1.165) is 38.5 Å². The largest absolute Gasteiger partial charge is 0.289 e. The van der Waals surface area contributed by atoms with Crippen LogP contribution in [0.2, 0.25) is 0 Å². The fourth-order valence-corrected chi connectivity index (χ4v) is 2.42. The van der Waals surface area contributed by atoms with Gasteiger partial charge >= 0.3 is 0 Å². The van der Waals surface area contributed by atoms with E-state index in [1.807, 2.05) is 18.2 Å². The summed E-state index contributed by atoms with van der Waals surface area (Å²) in [5.74, 6) is 8.18. The van der Waals surface area contributed by atoms with E-state index in [9.17, 15) is 4.79 Å². The van der Waals surface area contributed by atoms with Crippen molar-refractivity contribution in [2.45, 2.75) is 50.9 Å². The van der Waals surface area contributed by atoms with Gasteiger partial charge in [-0.15, -0.1) is 6.42 Å². The topological polar surface area (TPSA) is 49.3 Å². The maximum absolute atomic E-state index is 10.9. The maximum Gasteiger partial charge on any atom is 0.243 e. The third-order valence-electron chi connectivity index (χ3n) is 3.61. The average molecular weight is 297 g/mol. The van der Waals surface area contributed by atoms with E-state index < -0.39 is 0 Å². The first kappa shape index (κ1) is 17.8. The molecule has 0 saturated heterocycles. The van der Waals surface area contributed by atoms with Gasteiger partial charge in [0.1, 0.15) is 0 Å². The molecule has 1 rings (SSSR count). The van der Waals surface area contributed by atoms with Crippen LogP contribution in [0.5, 0.6) is 0 Å². The summed E-state index contributed by atoms with van der Waals surface area (Å²) in [6, 6.07) is 10.4. The molecule has 116 valence electrons. The Kier molecular flexibility index (Phi) is 9.26. The molecule has 0 aliphatic heterocycles. The number of hydrogen-bond donors (Lipinski definition) is 2. The minimum Gasteiger partial charge on any atom is -0.289 e. The Balaban J connectivity index is 2.36. The molecule has 0 saturated carbocycles. The van der Waals surface area contributed by atoms with E-state index in [0.29, 0.717) is 12.3 Å². The van der Waals surface area contributed by atoms with E-state index in [-0.39, 0.29) is 5.91 Å². The van der Waals surface area contributed by atoms with Crippen molar-refractivity contribution in [2.24, 2.45) is 0 Å². The number of unbranched alkanes of at least 4 members (excludes halogenated alkanes) is 3. The summed E-state index contributed by atoms with van der Waals surface area (Å²) in [5.41, 5.74) is 2.95. The number of amides is 1. The zero-order chi connectivity index (χ0) is 16.0. The molecule has 1 atom stereocenters. The van der Waals surface area contributed by atoms with Crippen molar-refractivity contribution < 1.29 is 10.0 Å². The molecule has 2 N–H and O–H groups in total. The molecule has 0 spiro atoms. The number of hydrogen-bond acceptors (Lipinski definition) is 2. The van der Waals surface area contributed by atoms with E-state index in [1.54, 1.807) is 5.48 Å². The lowest BCUT2D eigenvalue weighted by Gasteiger charge is -2.14. The van der Waals surface area contributed by atoms with Crippen molar-refractivity contribution in [3.8, 4) is 24.2 Å². The Morgan fingerprint density at radius 1 is 1.18 bits per heavy atom. The molecular weight excluding hydrogens is 274 g/mol. The van der Waals surface area contributed by atoms with Gasteiger partial charge in [0.25, 0.3) is 0 Å². The number of carbonyl (C=O) groups is 1. The highest BCUT2D eigenvalue weighted by Crippen LogP contribution is 2.25. The minimum atomic E-state index is -0.313. The number of hydroxylamine groups is 1. The lowest BCUT2D eigenvalue weighted by molar-refractivity contribution is -0.129. The molecule has 1 unspecified atom stereocenters. The summed E-state index contributed by atoms with van der Waals surface area (Å²) in [6.07, 6.45) is 11.4. The Morgan fingerprint density at radius 3 is 2.59 bits per heavy atom. The smallest absolute Gasteiger partial charge is 0.243 e. The van der Waals surface area contributed by atoms with Crippen LogP contribution in [-0.4, -0.2) is 11.1 Å². The molecule has 0 aliphatic carbocycles. The summed E-state index contributed by atoms with van der Waals surface area (Å²) in [7, 11) is 0. The molecule has 3 nitrogen and oxygen atoms in total. The summed E-state index contributed by atoms with van der Waals surface area (Å²) in [6.45, 7) is 0. The van der Waals surface area contributed by atoms with Gasteiger partial charge in [0, 0.05) is 12.8 Å².